The van der Waals surface area contributed by atoms with E-state index in [0.717, 1.165) is 40.8 Å². The molecule has 0 aliphatic carbocycles. The fraction of sp³-hybridized carbons (Fsp3) is 0.200. The lowest BCUT2D eigenvalue weighted by Crippen LogP contribution is -2.02. The zero-order chi connectivity index (χ0) is 19.3. The Bertz CT molecular complexity index is 1050. The minimum Gasteiger partial charge on any atom is -0.440 e. The van der Waals surface area contributed by atoms with Crippen LogP contribution in [0.15, 0.2) is 64.6 Å². The van der Waals surface area contributed by atoms with Crippen LogP contribution < -0.4 is 0 Å². The van der Waals surface area contributed by atoms with Crippen LogP contribution in [0.5, 0.6) is 0 Å². The van der Waals surface area contributed by atoms with Crippen molar-refractivity contribution in [2.75, 3.05) is 0 Å². The van der Waals surface area contributed by atoms with Gasteiger partial charge in [-0.3, -0.25) is 4.98 Å². The molecule has 4 rings (SSSR count). The quantitative estimate of drug-likeness (QED) is 0.382. The number of aromatic nitrogens is 5. The van der Waals surface area contributed by atoms with Gasteiger partial charge in [0.25, 0.3) is 0 Å². The summed E-state index contributed by atoms with van der Waals surface area (Å²) < 4.78 is 8.01. The molecule has 0 saturated heterocycles. The Hall–Kier alpha value is -2.64. The summed E-state index contributed by atoms with van der Waals surface area (Å²) in [6.07, 6.45) is 6.25. The van der Waals surface area contributed by atoms with Crippen molar-refractivity contribution >= 4 is 23.4 Å². The molecular weight excluding hydrogens is 394 g/mol. The van der Waals surface area contributed by atoms with Gasteiger partial charge in [-0.15, -0.1) is 10.2 Å². The molecule has 3 heterocycles. The second-order valence-corrected chi connectivity index (χ2v) is 7.49. The number of hydrogen-bond acceptors (Lipinski definition) is 6. The van der Waals surface area contributed by atoms with Crippen molar-refractivity contribution in [3.05, 3.63) is 65.9 Å². The molecule has 8 heteroatoms. The predicted molar refractivity (Wildman–Crippen MR) is 110 cm³/mol. The van der Waals surface area contributed by atoms with Crippen molar-refractivity contribution in [3.63, 3.8) is 0 Å². The molecule has 4 aromatic rings. The molecule has 0 N–H and O–H groups in total. The van der Waals surface area contributed by atoms with Crippen LogP contribution >= 0.6 is 23.4 Å². The SMILES string of the molecule is CCCn1c(SCc2ncc(-c3ccc(Cl)cc3)o2)nnc1-c1ccncc1. The van der Waals surface area contributed by atoms with Crippen molar-refractivity contribution in [2.45, 2.75) is 30.8 Å². The van der Waals surface area contributed by atoms with Gasteiger partial charge in [0.15, 0.2) is 16.7 Å². The molecule has 0 spiro atoms. The molecule has 0 saturated carbocycles. The summed E-state index contributed by atoms with van der Waals surface area (Å²) in [6, 6.07) is 11.4. The Kier molecular flexibility index (Phi) is 5.73. The first-order valence-corrected chi connectivity index (χ1v) is 10.3. The van der Waals surface area contributed by atoms with Gasteiger partial charge in [-0.25, -0.2) is 4.98 Å². The highest BCUT2D eigenvalue weighted by molar-refractivity contribution is 7.98. The number of nitrogens with zero attached hydrogens (tertiary/aromatic N) is 5. The van der Waals surface area contributed by atoms with Crippen LogP contribution in [0.4, 0.5) is 0 Å². The van der Waals surface area contributed by atoms with Gasteiger partial charge in [0.1, 0.15) is 0 Å². The van der Waals surface area contributed by atoms with Crippen molar-refractivity contribution in [3.8, 4) is 22.7 Å². The Morgan fingerprint density at radius 3 is 2.57 bits per heavy atom. The van der Waals surface area contributed by atoms with Gasteiger partial charge in [-0.2, -0.15) is 0 Å². The van der Waals surface area contributed by atoms with Gasteiger partial charge < -0.3 is 8.98 Å². The molecule has 28 heavy (non-hydrogen) atoms. The molecule has 0 aliphatic rings. The maximum atomic E-state index is 5.94. The number of rotatable bonds is 7. The predicted octanol–water partition coefficient (Wildman–Crippen LogP) is 5.35. The number of halogens is 1. The van der Waals surface area contributed by atoms with E-state index in [-0.39, 0.29) is 0 Å². The summed E-state index contributed by atoms with van der Waals surface area (Å²) >= 11 is 7.50. The Balaban J connectivity index is 1.51. The largest absolute Gasteiger partial charge is 0.440 e. The van der Waals surface area contributed by atoms with Gasteiger partial charge in [0.2, 0.25) is 5.89 Å². The standard InChI is InChI=1S/C20H18ClN5OS/c1-2-11-26-19(15-7-9-22-10-8-15)24-25-20(26)28-13-18-23-12-17(27-18)14-3-5-16(21)6-4-14/h3-10,12H,2,11,13H2,1H3. The number of oxazole rings is 1. The van der Waals surface area contributed by atoms with Crippen molar-refractivity contribution in [1.82, 2.24) is 24.7 Å². The second-order valence-electron chi connectivity index (χ2n) is 6.11. The van der Waals surface area contributed by atoms with Crippen LogP contribution in [-0.2, 0) is 12.3 Å². The number of benzene rings is 1. The fourth-order valence-corrected chi connectivity index (χ4v) is 3.73. The summed E-state index contributed by atoms with van der Waals surface area (Å²) in [6.45, 7) is 2.98. The highest BCUT2D eigenvalue weighted by atomic mass is 35.5. The van der Waals surface area contributed by atoms with E-state index < -0.39 is 0 Å². The molecule has 0 aliphatic heterocycles. The minimum absolute atomic E-state index is 0.575. The second kappa shape index (κ2) is 8.58. The van der Waals surface area contributed by atoms with E-state index in [2.05, 4.69) is 31.7 Å². The monoisotopic (exact) mass is 411 g/mol. The molecular formula is C20H18ClN5OS. The van der Waals surface area contributed by atoms with Gasteiger partial charge >= 0.3 is 0 Å². The minimum atomic E-state index is 0.575. The third-order valence-electron chi connectivity index (χ3n) is 4.11. The zero-order valence-corrected chi connectivity index (χ0v) is 16.8. The summed E-state index contributed by atoms with van der Waals surface area (Å²) in [4.78, 5) is 8.46. The molecule has 0 amide bonds. The third-order valence-corrected chi connectivity index (χ3v) is 5.31. The van der Waals surface area contributed by atoms with Crippen LogP contribution in [0, 0.1) is 0 Å². The van der Waals surface area contributed by atoms with E-state index in [9.17, 15) is 0 Å². The van der Waals surface area contributed by atoms with E-state index in [1.807, 2.05) is 36.4 Å². The molecule has 3 aromatic heterocycles. The topological polar surface area (TPSA) is 69.6 Å². The molecule has 6 nitrogen and oxygen atoms in total. The summed E-state index contributed by atoms with van der Waals surface area (Å²) in [7, 11) is 0. The molecule has 1 aromatic carbocycles. The first-order valence-electron chi connectivity index (χ1n) is 8.91. The smallest absolute Gasteiger partial charge is 0.205 e. The number of thioether (sulfide) groups is 1. The van der Waals surface area contributed by atoms with Crippen molar-refractivity contribution in [2.24, 2.45) is 0 Å². The van der Waals surface area contributed by atoms with E-state index in [0.29, 0.717) is 16.7 Å². The van der Waals surface area contributed by atoms with E-state index in [4.69, 9.17) is 16.0 Å². The highest BCUT2D eigenvalue weighted by Crippen LogP contribution is 2.28. The van der Waals surface area contributed by atoms with Crippen LogP contribution in [0.2, 0.25) is 5.02 Å². The van der Waals surface area contributed by atoms with Gasteiger partial charge in [-0.1, -0.05) is 30.3 Å². The molecule has 142 valence electrons. The van der Waals surface area contributed by atoms with Crippen LogP contribution in [-0.4, -0.2) is 24.7 Å². The maximum Gasteiger partial charge on any atom is 0.205 e. The third kappa shape index (κ3) is 4.10. The summed E-state index contributed by atoms with van der Waals surface area (Å²) in [5, 5.41) is 10.3. The van der Waals surface area contributed by atoms with Gasteiger partial charge in [-0.05, 0) is 42.8 Å². The molecule has 0 unspecified atom stereocenters. The summed E-state index contributed by atoms with van der Waals surface area (Å²) in [5.74, 6) is 2.79. The van der Waals surface area contributed by atoms with Crippen molar-refractivity contribution in [1.29, 1.82) is 0 Å². The zero-order valence-electron chi connectivity index (χ0n) is 15.2. The maximum absolute atomic E-state index is 5.94. The Morgan fingerprint density at radius 2 is 1.82 bits per heavy atom. The first-order chi connectivity index (χ1) is 13.7. The van der Waals surface area contributed by atoms with Crippen LogP contribution in [0.1, 0.15) is 19.2 Å². The fourth-order valence-electron chi connectivity index (χ4n) is 2.79. The van der Waals surface area contributed by atoms with Gasteiger partial charge in [0, 0.05) is 35.1 Å². The molecule has 0 bridgehead atoms. The Labute approximate surface area is 172 Å². The summed E-state index contributed by atoms with van der Waals surface area (Å²) in [5.41, 5.74) is 1.95. The van der Waals surface area contributed by atoms with E-state index in [1.165, 1.54) is 0 Å². The first kappa shape index (κ1) is 18.7. The lowest BCUT2D eigenvalue weighted by Gasteiger charge is -2.08. The van der Waals surface area contributed by atoms with E-state index in [1.54, 1.807) is 30.4 Å². The average molecular weight is 412 g/mol. The van der Waals surface area contributed by atoms with Crippen LogP contribution in [0.3, 0.4) is 0 Å². The highest BCUT2D eigenvalue weighted by Gasteiger charge is 2.15. The van der Waals surface area contributed by atoms with Gasteiger partial charge in [0.05, 0.1) is 11.9 Å². The normalized spacial score (nSPS) is 11.1. The lowest BCUT2D eigenvalue weighted by molar-refractivity contribution is 0.529. The van der Waals surface area contributed by atoms with E-state index >= 15 is 0 Å². The van der Waals surface area contributed by atoms with Crippen LogP contribution in [0.25, 0.3) is 22.7 Å². The molecule has 0 fully saturated rings. The number of hydrogen-bond donors (Lipinski definition) is 0. The molecule has 0 atom stereocenters. The lowest BCUT2D eigenvalue weighted by atomic mass is 10.2. The number of pyridine rings is 1. The average Bonchev–Trinajstić information content (AvgIpc) is 3.35. The Morgan fingerprint density at radius 1 is 1.04 bits per heavy atom. The molecule has 0 radical (unpaired) electrons. The van der Waals surface area contributed by atoms with Crippen molar-refractivity contribution < 1.29 is 4.42 Å².